The van der Waals surface area contributed by atoms with E-state index in [2.05, 4.69) is 93.5 Å². The van der Waals surface area contributed by atoms with Crippen molar-refractivity contribution in [1.82, 2.24) is 0 Å². The Balaban J connectivity index is 0.000000575. The predicted molar refractivity (Wildman–Crippen MR) is 376 cm³/mol. The van der Waals surface area contributed by atoms with Crippen molar-refractivity contribution in [3.8, 4) is 0 Å². The van der Waals surface area contributed by atoms with Gasteiger partial charge in [-0.2, -0.15) is 0 Å². The predicted octanol–water partition coefficient (Wildman–Crippen LogP) is 29.0. The molecule has 0 aliphatic carbocycles. The van der Waals surface area contributed by atoms with E-state index >= 15 is 0 Å². The Morgan fingerprint density at radius 1 is 0.298 bits per heavy atom. The molecule has 3 rings (SSSR count). The summed E-state index contributed by atoms with van der Waals surface area (Å²) >= 11 is 1.06. The molecule has 0 fully saturated rings. The first-order chi connectivity index (χ1) is 41.2. The monoisotopic (exact) mass is 1250 g/mol. The topological polar surface area (TPSA) is 25.3 Å². The molecule has 3 heteroatoms. The van der Waals surface area contributed by atoms with Gasteiger partial charge in [0.25, 0.3) is 0 Å². The number of aryl methyl sites for hydroxylation is 4. The van der Waals surface area contributed by atoms with Gasteiger partial charge >= 0.3 is 169 Å². The third-order valence-corrected chi connectivity index (χ3v) is 21.2. The molecule has 2 aromatic rings. The summed E-state index contributed by atoms with van der Waals surface area (Å²) in [7, 11) is 0. The van der Waals surface area contributed by atoms with Crippen LogP contribution in [0.15, 0.2) is 35.4 Å². The SMILES string of the molecule is CCCCCCCCCCCCCCCCCCC[CH2][Pd][CH2]CCCCCCCCCCCCCCCCCCC.CCCCCCc1cc(C2=C(CC)C(CC)=C(c3cc(C)c(C)c(C)c3)[N+]2=[N-])cc(CCCCCC)c1CCCCCC. The Kier molecular flexibility index (Phi) is 51.5. The van der Waals surface area contributed by atoms with Gasteiger partial charge in [0.15, 0.2) is 0 Å². The fourth-order valence-electron chi connectivity index (χ4n) is 13.3. The molecule has 0 atom stereocenters. The molecule has 0 saturated heterocycles. The normalized spacial score (nSPS) is 12.7. The number of nitrogens with zero attached hydrogens (tertiary/aromatic N) is 2. The Labute approximate surface area is 535 Å². The van der Waals surface area contributed by atoms with E-state index in [1.807, 2.05) is 0 Å². The Morgan fingerprint density at radius 3 is 0.810 bits per heavy atom. The Bertz CT molecular complexity index is 1860. The van der Waals surface area contributed by atoms with Crippen LogP contribution in [0.1, 0.15) is 414 Å². The molecular weight excluding hydrogens is 1110 g/mol. The molecule has 1 aliphatic heterocycles. The van der Waals surface area contributed by atoms with Crippen LogP contribution in [-0.2, 0) is 37.2 Å². The van der Waals surface area contributed by atoms with Gasteiger partial charge in [0, 0.05) is 22.3 Å². The number of allylic oxidation sites excluding steroid dienone is 2. The molecule has 0 spiro atoms. The molecule has 0 N–H and O–H groups in total. The van der Waals surface area contributed by atoms with Crippen LogP contribution < -0.4 is 0 Å². The number of hydrogen-bond acceptors (Lipinski definition) is 0. The van der Waals surface area contributed by atoms with E-state index in [-0.39, 0.29) is 0 Å². The third-order valence-electron chi connectivity index (χ3n) is 19.0. The summed E-state index contributed by atoms with van der Waals surface area (Å²) in [6.07, 6.45) is 74.3. The molecular formula is C81H144N2Pd. The molecule has 0 amide bonds. The van der Waals surface area contributed by atoms with Gasteiger partial charge in [-0.1, -0.05) is 196 Å². The van der Waals surface area contributed by atoms with Crippen molar-refractivity contribution in [1.29, 1.82) is 0 Å². The van der Waals surface area contributed by atoms with Crippen LogP contribution >= 0.6 is 0 Å². The van der Waals surface area contributed by atoms with Crippen LogP contribution in [0.5, 0.6) is 0 Å². The van der Waals surface area contributed by atoms with Gasteiger partial charge in [-0.05, 0) is 130 Å². The van der Waals surface area contributed by atoms with E-state index in [0.717, 1.165) is 60.6 Å². The zero-order valence-corrected chi connectivity index (χ0v) is 60.0. The van der Waals surface area contributed by atoms with Gasteiger partial charge in [0.1, 0.15) is 0 Å². The van der Waals surface area contributed by atoms with Crippen molar-refractivity contribution in [2.24, 2.45) is 0 Å². The van der Waals surface area contributed by atoms with E-state index in [1.165, 1.54) is 348 Å². The van der Waals surface area contributed by atoms with Crippen molar-refractivity contribution in [3.05, 3.63) is 85.5 Å². The maximum absolute atomic E-state index is 12.1. The fourth-order valence-corrected chi connectivity index (χ4v) is 15.2. The van der Waals surface area contributed by atoms with Crippen molar-refractivity contribution in [2.45, 2.75) is 419 Å². The summed E-state index contributed by atoms with van der Waals surface area (Å²) in [6.45, 7) is 22.6. The van der Waals surface area contributed by atoms with E-state index in [9.17, 15) is 5.53 Å². The number of benzene rings is 2. The number of hydrogen-bond donors (Lipinski definition) is 0. The second-order valence-corrected chi connectivity index (χ2v) is 28.9. The Hall–Kier alpha value is -1.82. The average molecular weight is 1250 g/mol. The zero-order valence-electron chi connectivity index (χ0n) is 58.4. The second-order valence-electron chi connectivity index (χ2n) is 26.6. The molecule has 0 radical (unpaired) electrons. The maximum atomic E-state index is 12.1. The van der Waals surface area contributed by atoms with Gasteiger partial charge in [0.2, 0.25) is 11.4 Å². The number of unbranched alkanes of at least 4 members (excludes halogenated alkanes) is 43. The first-order valence-corrected chi connectivity index (χ1v) is 40.1. The van der Waals surface area contributed by atoms with Crippen LogP contribution in [0, 0.1) is 20.8 Å². The zero-order chi connectivity index (χ0) is 60.9. The van der Waals surface area contributed by atoms with E-state index in [0.29, 0.717) is 0 Å². The molecule has 0 aromatic heterocycles. The molecule has 1 aliphatic rings. The summed E-state index contributed by atoms with van der Waals surface area (Å²) < 4.78 is 1.57. The van der Waals surface area contributed by atoms with Gasteiger partial charge in [-0.15, -0.1) is 0 Å². The van der Waals surface area contributed by atoms with Crippen LogP contribution in [0.25, 0.3) is 16.9 Å². The van der Waals surface area contributed by atoms with Crippen molar-refractivity contribution in [3.63, 3.8) is 0 Å². The van der Waals surface area contributed by atoms with Gasteiger partial charge in [-0.3, -0.25) is 0 Å². The van der Waals surface area contributed by atoms with Gasteiger partial charge in [0.05, 0.1) is 0 Å². The summed E-state index contributed by atoms with van der Waals surface area (Å²) in [5.74, 6) is 0. The summed E-state index contributed by atoms with van der Waals surface area (Å²) in [5.41, 5.74) is 27.6. The van der Waals surface area contributed by atoms with Crippen LogP contribution in [0.3, 0.4) is 0 Å². The molecule has 0 unspecified atom stereocenters. The second kappa shape index (κ2) is 55.3. The molecule has 0 saturated carbocycles. The van der Waals surface area contributed by atoms with Gasteiger partial charge in [-0.25, -0.2) is 4.70 Å². The molecule has 488 valence electrons. The van der Waals surface area contributed by atoms with Crippen LogP contribution in [-0.4, -0.2) is 4.70 Å². The molecule has 0 bridgehead atoms. The number of rotatable bonds is 57. The van der Waals surface area contributed by atoms with E-state index in [1.54, 1.807) is 31.2 Å². The van der Waals surface area contributed by atoms with Crippen molar-refractivity contribution < 1.29 is 22.7 Å². The minimum absolute atomic E-state index is 0.911. The summed E-state index contributed by atoms with van der Waals surface area (Å²) in [5, 5.41) is 0. The molecule has 2 nitrogen and oxygen atoms in total. The smallest absolute Gasteiger partial charge is 0.493 e. The van der Waals surface area contributed by atoms with E-state index in [4.69, 9.17) is 0 Å². The molecule has 1 heterocycles. The third kappa shape index (κ3) is 36.0. The first-order valence-electron chi connectivity index (χ1n) is 37.9. The standard InChI is InChI=1S/C41H62N2.2C20H41.Pd/c1-9-14-17-20-23-33-28-36(29-34(24-21-18-15-10-2)39(33)25-22-19-16-11-3)41-38(13-5)37(12-4)40(43(41)42)35-26-30(6)32(8)31(7)27-35;2*1-3-5-7-9-11-13-15-17-19-20-18-16-14-12-10-8-6-4-2;/h26-29H,9-25H2,1-8H3;2*1,3-20H2,2H3;. The van der Waals surface area contributed by atoms with Crippen LogP contribution in [0.2, 0.25) is 9.79 Å². The van der Waals surface area contributed by atoms with E-state index < -0.39 is 0 Å². The molecule has 84 heavy (non-hydrogen) atoms. The average Bonchev–Trinajstić information content (AvgIpc) is 3.15. The van der Waals surface area contributed by atoms with Crippen molar-refractivity contribution in [2.75, 3.05) is 0 Å². The van der Waals surface area contributed by atoms with Crippen LogP contribution in [0.4, 0.5) is 0 Å². The Morgan fingerprint density at radius 2 is 0.536 bits per heavy atom. The first kappa shape index (κ1) is 78.3. The molecule has 2 aromatic carbocycles. The quantitative estimate of drug-likeness (QED) is 0.0358. The minimum atomic E-state index is 0.911. The van der Waals surface area contributed by atoms with Gasteiger partial charge < -0.3 is 5.53 Å². The fraction of sp³-hybridized carbons (Fsp3) is 0.802. The summed E-state index contributed by atoms with van der Waals surface area (Å²) in [6, 6.07) is 9.49. The minimum Gasteiger partial charge on any atom is -0.493 e. The summed E-state index contributed by atoms with van der Waals surface area (Å²) in [4.78, 5) is 3.10. The van der Waals surface area contributed by atoms with Crippen molar-refractivity contribution >= 4 is 11.4 Å².